The molecular formula is C36H41N3O5. The van der Waals surface area contributed by atoms with Crippen molar-refractivity contribution in [1.29, 1.82) is 0 Å². The van der Waals surface area contributed by atoms with Gasteiger partial charge in [0.2, 0.25) is 11.7 Å². The van der Waals surface area contributed by atoms with Crippen LogP contribution >= 0.6 is 0 Å². The highest BCUT2D eigenvalue weighted by molar-refractivity contribution is 6.38. The van der Waals surface area contributed by atoms with E-state index in [2.05, 4.69) is 10.6 Å². The number of benzene rings is 3. The lowest BCUT2D eigenvalue weighted by molar-refractivity contribution is -0.145. The molecule has 2 aliphatic rings. The average molecular weight is 596 g/mol. The molecule has 1 saturated carbocycles. The van der Waals surface area contributed by atoms with Crippen LogP contribution < -0.4 is 15.4 Å². The van der Waals surface area contributed by atoms with Crippen LogP contribution in [-0.4, -0.2) is 53.1 Å². The third-order valence-corrected chi connectivity index (χ3v) is 8.46. The lowest BCUT2D eigenvalue weighted by Gasteiger charge is -2.29. The summed E-state index contributed by atoms with van der Waals surface area (Å²) in [6.07, 6.45) is 8.60. The zero-order chi connectivity index (χ0) is 30.7. The summed E-state index contributed by atoms with van der Waals surface area (Å²) < 4.78 is 5.90. The molecule has 0 bridgehead atoms. The zero-order valence-electron chi connectivity index (χ0n) is 25.1. The van der Waals surface area contributed by atoms with Crippen molar-refractivity contribution in [1.82, 2.24) is 15.5 Å². The number of carbonyl (C=O) groups is 4. The summed E-state index contributed by atoms with van der Waals surface area (Å²) in [5.74, 6) is -0.844. The molecule has 0 radical (unpaired) electrons. The molecule has 0 spiro atoms. The highest BCUT2D eigenvalue weighted by Crippen LogP contribution is 2.24. The number of hydrogen-bond acceptors (Lipinski definition) is 5. The zero-order valence-corrected chi connectivity index (χ0v) is 25.1. The highest BCUT2D eigenvalue weighted by Gasteiger charge is 2.40. The quantitative estimate of drug-likeness (QED) is 0.297. The fourth-order valence-corrected chi connectivity index (χ4v) is 6.13. The molecule has 1 aliphatic heterocycles. The van der Waals surface area contributed by atoms with E-state index in [0.717, 1.165) is 44.1 Å². The second-order valence-electron chi connectivity index (χ2n) is 11.7. The maximum atomic E-state index is 14.0. The molecule has 8 nitrogen and oxygen atoms in total. The fraction of sp³-hybridized carbons (Fsp3) is 0.389. The predicted molar refractivity (Wildman–Crippen MR) is 168 cm³/mol. The van der Waals surface area contributed by atoms with Crippen LogP contribution in [0.3, 0.4) is 0 Å². The molecule has 5 rings (SSSR count). The van der Waals surface area contributed by atoms with Gasteiger partial charge in [0.05, 0.1) is 0 Å². The summed E-state index contributed by atoms with van der Waals surface area (Å²) in [4.78, 5) is 55.5. The van der Waals surface area contributed by atoms with Gasteiger partial charge in [-0.25, -0.2) is 0 Å². The minimum Gasteiger partial charge on any atom is -0.457 e. The third kappa shape index (κ3) is 8.34. The monoisotopic (exact) mass is 595 g/mol. The van der Waals surface area contributed by atoms with E-state index < -0.39 is 29.7 Å². The van der Waals surface area contributed by atoms with Crippen molar-refractivity contribution < 1.29 is 23.9 Å². The molecule has 230 valence electrons. The number of likely N-dealkylation sites (tertiary alicyclic amines) is 1. The topological polar surface area (TPSA) is 105 Å². The van der Waals surface area contributed by atoms with Crippen LogP contribution in [0.25, 0.3) is 0 Å². The first kappa shape index (κ1) is 31.0. The van der Waals surface area contributed by atoms with Crippen LogP contribution in [0.4, 0.5) is 0 Å². The maximum Gasteiger partial charge on any atom is 0.289 e. The Hall–Kier alpha value is -4.46. The molecule has 1 saturated heterocycles. The molecule has 3 aromatic rings. The Morgan fingerprint density at radius 3 is 2.14 bits per heavy atom. The van der Waals surface area contributed by atoms with Gasteiger partial charge in [0.15, 0.2) is 0 Å². The van der Waals surface area contributed by atoms with Gasteiger partial charge in [-0.15, -0.1) is 0 Å². The highest BCUT2D eigenvalue weighted by atomic mass is 16.5. The first-order chi connectivity index (χ1) is 21.5. The Balaban J connectivity index is 1.29. The third-order valence-electron chi connectivity index (χ3n) is 8.46. The number of nitrogens with zero attached hydrogens (tertiary/aromatic N) is 1. The van der Waals surface area contributed by atoms with E-state index in [9.17, 15) is 19.2 Å². The van der Waals surface area contributed by atoms with Gasteiger partial charge in [0.25, 0.3) is 11.8 Å². The smallest absolute Gasteiger partial charge is 0.289 e. The molecular weight excluding hydrogens is 554 g/mol. The summed E-state index contributed by atoms with van der Waals surface area (Å²) >= 11 is 0. The Morgan fingerprint density at radius 2 is 1.41 bits per heavy atom. The van der Waals surface area contributed by atoms with Gasteiger partial charge in [0.1, 0.15) is 23.6 Å². The Morgan fingerprint density at radius 1 is 0.750 bits per heavy atom. The van der Waals surface area contributed by atoms with Gasteiger partial charge in [-0.3, -0.25) is 19.2 Å². The van der Waals surface area contributed by atoms with Crippen LogP contribution in [0.1, 0.15) is 73.7 Å². The fourth-order valence-electron chi connectivity index (χ4n) is 6.13. The number of Topliss-reactive ketones (excluding diaryl/α,β-unsaturated/α-hetero) is 1. The molecule has 3 amide bonds. The van der Waals surface area contributed by atoms with E-state index in [0.29, 0.717) is 36.4 Å². The average Bonchev–Trinajstić information content (AvgIpc) is 3.52. The number of rotatable bonds is 10. The normalized spacial score (nSPS) is 18.0. The van der Waals surface area contributed by atoms with Crippen LogP contribution in [-0.2, 0) is 20.8 Å². The van der Waals surface area contributed by atoms with Crippen molar-refractivity contribution in [3.05, 3.63) is 96.1 Å². The van der Waals surface area contributed by atoms with Crippen molar-refractivity contribution in [3.63, 3.8) is 0 Å². The lowest BCUT2D eigenvalue weighted by Crippen LogP contribution is -2.55. The van der Waals surface area contributed by atoms with E-state index in [4.69, 9.17) is 4.74 Å². The first-order valence-corrected chi connectivity index (χ1v) is 15.8. The van der Waals surface area contributed by atoms with E-state index in [-0.39, 0.29) is 18.4 Å². The van der Waals surface area contributed by atoms with Crippen LogP contribution in [0.15, 0.2) is 84.9 Å². The van der Waals surface area contributed by atoms with Crippen molar-refractivity contribution in [2.75, 3.05) is 6.54 Å². The molecule has 2 N–H and O–H groups in total. The summed E-state index contributed by atoms with van der Waals surface area (Å²) in [5, 5.41) is 5.88. The largest absolute Gasteiger partial charge is 0.457 e. The van der Waals surface area contributed by atoms with Gasteiger partial charge in [-0.1, -0.05) is 86.7 Å². The van der Waals surface area contributed by atoms with Crippen LogP contribution in [0.5, 0.6) is 11.5 Å². The Bertz CT molecular complexity index is 1420. The molecule has 1 aliphatic carbocycles. The van der Waals surface area contributed by atoms with Crippen molar-refractivity contribution in [3.8, 4) is 11.5 Å². The van der Waals surface area contributed by atoms with Gasteiger partial charge in [0, 0.05) is 24.6 Å². The molecule has 1 unspecified atom stereocenters. The molecule has 3 aromatic carbocycles. The predicted octanol–water partition coefficient (Wildman–Crippen LogP) is 5.61. The van der Waals surface area contributed by atoms with Crippen LogP contribution in [0.2, 0.25) is 0 Å². The number of para-hydroxylation sites is 1. The number of nitrogens with one attached hydrogen (secondary N) is 2. The van der Waals surface area contributed by atoms with Crippen LogP contribution in [0, 0.1) is 0 Å². The minimum atomic E-state index is -0.925. The number of ether oxygens (including phenoxy) is 1. The van der Waals surface area contributed by atoms with Gasteiger partial charge < -0.3 is 20.3 Å². The molecule has 2 fully saturated rings. The van der Waals surface area contributed by atoms with E-state index in [1.165, 1.54) is 11.3 Å². The number of amides is 3. The van der Waals surface area contributed by atoms with E-state index in [1.807, 2.05) is 60.7 Å². The Labute approximate surface area is 259 Å². The summed E-state index contributed by atoms with van der Waals surface area (Å²) in [7, 11) is 0. The molecule has 2 atom stereocenters. The standard InChI is InChI=1S/C36H41N3O5/c40-33(35(42)37-28-17-8-2-1-3-9-18-28)32-22-13-23-39(32)36(43)31(24-26-14-6-4-7-15-26)38-34(41)27-16-12-21-30(25-27)44-29-19-10-5-11-20-29/h4-7,10-12,14-16,19-21,25,28,31-32H,1-3,8-9,13,17-18,22-24H2,(H,37,42)(H,38,41)/t31-,32?/m0/s1. The SMILES string of the molecule is O=C(NC1CCCCCCC1)C(=O)C1CCCN1C(=O)[C@H](Cc1ccccc1)NC(=O)c1cccc(Oc2ccccc2)c1. The second-order valence-corrected chi connectivity index (χ2v) is 11.7. The van der Waals surface area contributed by atoms with Crippen molar-refractivity contribution >= 4 is 23.5 Å². The Kier molecular flexibility index (Phi) is 10.8. The maximum absolute atomic E-state index is 14.0. The molecule has 8 heteroatoms. The van der Waals surface area contributed by atoms with Gasteiger partial charge in [-0.2, -0.15) is 0 Å². The molecule has 1 heterocycles. The number of ketones is 1. The number of hydrogen-bond donors (Lipinski definition) is 2. The van der Waals surface area contributed by atoms with Crippen molar-refractivity contribution in [2.45, 2.75) is 82.3 Å². The number of carbonyl (C=O) groups excluding carboxylic acids is 4. The first-order valence-electron chi connectivity index (χ1n) is 15.8. The second kappa shape index (κ2) is 15.3. The summed E-state index contributed by atoms with van der Waals surface area (Å²) in [6.45, 7) is 0.355. The van der Waals surface area contributed by atoms with Crippen molar-refractivity contribution in [2.24, 2.45) is 0 Å². The summed E-state index contributed by atoms with van der Waals surface area (Å²) in [6, 6.07) is 23.7. The van der Waals surface area contributed by atoms with Gasteiger partial charge >= 0.3 is 0 Å². The van der Waals surface area contributed by atoms with Gasteiger partial charge in [-0.05, 0) is 61.6 Å². The van der Waals surface area contributed by atoms with E-state index >= 15 is 0 Å². The summed E-state index contributed by atoms with van der Waals surface area (Å²) in [5.41, 5.74) is 1.22. The molecule has 0 aromatic heterocycles. The molecule has 44 heavy (non-hydrogen) atoms. The van der Waals surface area contributed by atoms with E-state index in [1.54, 1.807) is 24.3 Å². The lowest BCUT2D eigenvalue weighted by atomic mass is 9.96. The minimum absolute atomic E-state index is 0.0101.